The number of hydrogen-bond acceptors (Lipinski definition) is 3. The lowest BCUT2D eigenvalue weighted by molar-refractivity contribution is 0.125. The zero-order valence-electron chi connectivity index (χ0n) is 28.2. The molecule has 0 radical (unpaired) electrons. The van der Waals surface area contributed by atoms with E-state index in [1.54, 1.807) is 0 Å². The lowest BCUT2D eigenvalue weighted by Crippen LogP contribution is -1.97. The van der Waals surface area contributed by atoms with Gasteiger partial charge in [-0.2, -0.15) is 0 Å². The Morgan fingerprint density at radius 2 is 0.585 bits per heavy atom. The van der Waals surface area contributed by atoms with E-state index in [9.17, 15) is 0 Å². The van der Waals surface area contributed by atoms with Crippen molar-refractivity contribution in [3.63, 3.8) is 0 Å². The number of hydrogen-bond donors (Lipinski definition) is 2. The summed E-state index contributed by atoms with van der Waals surface area (Å²) in [5, 5.41) is 15.2. The van der Waals surface area contributed by atoms with Crippen molar-refractivity contribution in [2.45, 2.75) is 194 Å². The van der Waals surface area contributed by atoms with Gasteiger partial charge >= 0.3 is 0 Å². The Morgan fingerprint density at radius 3 is 0.854 bits per heavy atom. The minimum atomic E-state index is -0.125. The van der Waals surface area contributed by atoms with E-state index in [0.717, 1.165) is 13.2 Å². The van der Waals surface area contributed by atoms with Crippen molar-refractivity contribution in [1.82, 2.24) is 0 Å². The molecule has 0 aromatic rings. The molecular weight excluding hydrogens is 504 g/mol. The molecule has 246 valence electrons. The largest absolute Gasteiger partial charge is 0.394 e. The highest BCUT2D eigenvalue weighted by molar-refractivity contribution is 4.82. The van der Waals surface area contributed by atoms with E-state index in [1.165, 1.54) is 180 Å². The number of rotatable bonds is 33. The molecule has 3 heteroatoms. The van der Waals surface area contributed by atoms with Gasteiger partial charge in [0.25, 0.3) is 0 Å². The average Bonchev–Trinajstić information content (AvgIpc) is 2.99. The second kappa shape index (κ2) is 43.8. The Hall–Kier alpha value is -0.640. The normalized spacial score (nSPS) is 11.5. The van der Waals surface area contributed by atoms with Crippen LogP contribution in [0.2, 0.25) is 0 Å². The van der Waals surface area contributed by atoms with E-state index in [2.05, 4.69) is 38.2 Å². The van der Waals surface area contributed by atoms with Crippen LogP contribution in [0.4, 0.5) is 0 Å². The van der Waals surface area contributed by atoms with Gasteiger partial charge in [0, 0.05) is 13.2 Å². The van der Waals surface area contributed by atoms with E-state index in [-0.39, 0.29) is 13.2 Å². The van der Waals surface area contributed by atoms with Crippen LogP contribution in [0.5, 0.6) is 0 Å². The molecule has 2 N–H and O–H groups in total. The molecule has 3 nitrogen and oxygen atoms in total. The van der Waals surface area contributed by atoms with E-state index in [0.29, 0.717) is 0 Å². The predicted octanol–water partition coefficient (Wildman–Crippen LogP) is 12.0. The maximum absolute atomic E-state index is 7.62. The van der Waals surface area contributed by atoms with Crippen LogP contribution in [0, 0.1) is 0 Å². The molecule has 0 saturated carbocycles. The molecule has 0 unspecified atom stereocenters. The fourth-order valence-electron chi connectivity index (χ4n) is 5.01. The molecule has 0 saturated heterocycles. The van der Waals surface area contributed by atoms with Crippen molar-refractivity contribution >= 4 is 0 Å². The van der Waals surface area contributed by atoms with Gasteiger partial charge in [-0.15, -0.1) is 0 Å². The highest BCUT2D eigenvalue weighted by Gasteiger charge is 1.95. The number of aliphatic hydroxyl groups excluding tert-OH is 2. The van der Waals surface area contributed by atoms with Gasteiger partial charge < -0.3 is 14.9 Å². The van der Waals surface area contributed by atoms with Crippen molar-refractivity contribution in [3.8, 4) is 0 Å². The predicted molar refractivity (Wildman–Crippen MR) is 184 cm³/mol. The van der Waals surface area contributed by atoms with Crippen LogP contribution in [0.3, 0.4) is 0 Å². The molecule has 0 aliphatic carbocycles. The second-order valence-corrected chi connectivity index (χ2v) is 11.9. The fraction of sp³-hybridized carbons (Fsp3) is 0.895. The van der Waals surface area contributed by atoms with Crippen LogP contribution in [0.25, 0.3) is 0 Å². The Bertz CT molecular complexity index is 432. The standard InChI is InChI=1S/C36H70O.C2H6O2/c1-3-5-7-9-11-13-15-17-19-21-23-25-27-29-31-33-35-37-36-34-32-30-28-26-24-22-20-18-16-14-12-10-8-6-4-2;3-1-2-4/h17-20H,3-16,21-36H2,1-2H3;3-4H,1-2H2/b19-17-,20-18-;. The van der Waals surface area contributed by atoms with E-state index in [4.69, 9.17) is 14.9 Å². The van der Waals surface area contributed by atoms with Crippen LogP contribution in [-0.4, -0.2) is 36.6 Å². The summed E-state index contributed by atoms with van der Waals surface area (Å²) < 4.78 is 5.85. The molecule has 41 heavy (non-hydrogen) atoms. The monoisotopic (exact) mass is 581 g/mol. The Morgan fingerprint density at radius 1 is 0.341 bits per heavy atom. The molecular formula is C38H76O3. The Balaban J connectivity index is 0. The number of unbranched alkanes of at least 4 members (excludes halogenated alkanes) is 24. The molecule has 0 aromatic heterocycles. The first-order valence-corrected chi connectivity index (χ1v) is 18.4. The van der Waals surface area contributed by atoms with Crippen molar-refractivity contribution in [2.24, 2.45) is 0 Å². The average molecular weight is 581 g/mol. The van der Waals surface area contributed by atoms with Gasteiger partial charge in [0.15, 0.2) is 0 Å². The lowest BCUT2D eigenvalue weighted by Gasteiger charge is -2.05. The summed E-state index contributed by atoms with van der Waals surface area (Å²) in [5.41, 5.74) is 0. The van der Waals surface area contributed by atoms with Gasteiger partial charge in [0.2, 0.25) is 0 Å². The van der Waals surface area contributed by atoms with E-state index in [1.807, 2.05) is 0 Å². The van der Waals surface area contributed by atoms with Crippen molar-refractivity contribution in [3.05, 3.63) is 24.3 Å². The van der Waals surface area contributed by atoms with Crippen LogP contribution in [0.1, 0.15) is 194 Å². The molecule has 0 amide bonds. The molecule has 0 fully saturated rings. The first-order chi connectivity index (χ1) is 20.3. The summed E-state index contributed by atoms with van der Waals surface area (Å²) >= 11 is 0. The first kappa shape index (κ1) is 42.5. The summed E-state index contributed by atoms with van der Waals surface area (Å²) in [6.07, 6.45) is 48.1. The highest BCUT2D eigenvalue weighted by Crippen LogP contribution is 2.12. The molecule has 0 aliphatic heterocycles. The topological polar surface area (TPSA) is 49.7 Å². The summed E-state index contributed by atoms with van der Waals surface area (Å²) in [6.45, 7) is 6.29. The zero-order chi connectivity index (χ0) is 30.2. The smallest absolute Gasteiger partial charge is 0.0662 e. The fourth-order valence-corrected chi connectivity index (χ4v) is 5.01. The third kappa shape index (κ3) is 46.5. The third-order valence-corrected chi connectivity index (χ3v) is 7.70. The number of ether oxygens (including phenoxy) is 1. The van der Waals surface area contributed by atoms with Crippen LogP contribution < -0.4 is 0 Å². The summed E-state index contributed by atoms with van der Waals surface area (Å²) in [7, 11) is 0. The molecule has 0 aliphatic rings. The van der Waals surface area contributed by atoms with Gasteiger partial charge in [-0.1, -0.05) is 154 Å². The summed E-state index contributed by atoms with van der Waals surface area (Å²) in [6, 6.07) is 0. The first-order valence-electron chi connectivity index (χ1n) is 18.4. The van der Waals surface area contributed by atoms with Crippen LogP contribution >= 0.6 is 0 Å². The highest BCUT2D eigenvalue weighted by atomic mass is 16.5. The van der Waals surface area contributed by atoms with Crippen molar-refractivity contribution in [1.29, 1.82) is 0 Å². The van der Waals surface area contributed by atoms with Gasteiger partial charge in [-0.3, -0.25) is 0 Å². The third-order valence-electron chi connectivity index (χ3n) is 7.70. The molecule has 0 spiro atoms. The SMILES string of the molecule is CCCCCCCC/C=C\CCCCCCCCOCCCCCCCC/C=C\CCCCCCCC.OCCO. The zero-order valence-corrected chi connectivity index (χ0v) is 28.2. The minimum absolute atomic E-state index is 0.125. The maximum Gasteiger partial charge on any atom is 0.0662 e. The molecule has 0 heterocycles. The second-order valence-electron chi connectivity index (χ2n) is 11.9. The van der Waals surface area contributed by atoms with E-state index < -0.39 is 0 Å². The molecule has 0 aromatic carbocycles. The molecule has 0 bridgehead atoms. The number of aliphatic hydroxyl groups is 2. The minimum Gasteiger partial charge on any atom is -0.394 e. The van der Waals surface area contributed by atoms with Gasteiger partial charge in [-0.25, -0.2) is 0 Å². The molecule has 0 rings (SSSR count). The van der Waals surface area contributed by atoms with Gasteiger partial charge in [0.05, 0.1) is 13.2 Å². The Kier molecular flexibility index (Phi) is 45.4. The van der Waals surface area contributed by atoms with Gasteiger partial charge in [-0.05, 0) is 64.2 Å². The van der Waals surface area contributed by atoms with Crippen LogP contribution in [-0.2, 0) is 4.74 Å². The quantitative estimate of drug-likeness (QED) is 0.0599. The van der Waals surface area contributed by atoms with Crippen molar-refractivity contribution in [2.75, 3.05) is 26.4 Å². The maximum atomic E-state index is 7.62. The summed E-state index contributed by atoms with van der Waals surface area (Å²) in [5.74, 6) is 0. The van der Waals surface area contributed by atoms with E-state index >= 15 is 0 Å². The molecule has 0 atom stereocenters. The van der Waals surface area contributed by atoms with Crippen molar-refractivity contribution < 1.29 is 14.9 Å². The summed E-state index contributed by atoms with van der Waals surface area (Å²) in [4.78, 5) is 0. The Labute approximate surface area is 259 Å². The number of allylic oxidation sites excluding steroid dienone is 4. The van der Waals surface area contributed by atoms with Crippen LogP contribution in [0.15, 0.2) is 24.3 Å². The lowest BCUT2D eigenvalue weighted by atomic mass is 10.1. The van der Waals surface area contributed by atoms with Gasteiger partial charge in [0.1, 0.15) is 0 Å².